The van der Waals surface area contributed by atoms with E-state index in [0.29, 0.717) is 0 Å². The summed E-state index contributed by atoms with van der Waals surface area (Å²) in [6.45, 7) is 1.20. The van der Waals surface area contributed by atoms with Crippen LogP contribution in [0.3, 0.4) is 0 Å². The Bertz CT molecular complexity index is 487. The van der Waals surface area contributed by atoms with E-state index in [1.54, 1.807) is 6.26 Å². The maximum atomic E-state index is 9.33. The number of nitrogens with zero attached hydrogens (tertiary/aromatic N) is 2. The predicted molar refractivity (Wildman–Crippen MR) is 62.8 cm³/mol. The van der Waals surface area contributed by atoms with Gasteiger partial charge in [0.25, 0.3) is 0 Å². The average Bonchev–Trinajstić information content (AvgIpc) is 2.97. The van der Waals surface area contributed by atoms with Crippen LogP contribution in [0.1, 0.15) is 36.0 Å². The second-order valence-corrected chi connectivity index (χ2v) is 4.56. The van der Waals surface area contributed by atoms with Crippen molar-refractivity contribution < 1.29 is 9.52 Å². The Kier molecular flexibility index (Phi) is 2.73. The van der Waals surface area contributed by atoms with Gasteiger partial charge in [-0.15, -0.1) is 0 Å². The van der Waals surface area contributed by atoms with Gasteiger partial charge >= 0.3 is 0 Å². The summed E-state index contributed by atoms with van der Waals surface area (Å²) in [6, 6.07) is 3.85. The van der Waals surface area contributed by atoms with Gasteiger partial charge in [-0.1, -0.05) is 0 Å². The average molecular weight is 232 g/mol. The van der Waals surface area contributed by atoms with Crippen LogP contribution in [0, 0.1) is 0 Å². The third-order valence-electron chi connectivity index (χ3n) is 3.33. The number of hydrogen-bond acceptors (Lipinski definition) is 3. The third-order valence-corrected chi connectivity index (χ3v) is 3.33. The predicted octanol–water partition coefficient (Wildman–Crippen LogP) is 1.94. The van der Waals surface area contributed by atoms with E-state index in [1.165, 1.54) is 0 Å². The van der Waals surface area contributed by atoms with Crippen molar-refractivity contribution in [2.24, 2.45) is 0 Å². The van der Waals surface area contributed by atoms with Crippen molar-refractivity contribution in [1.29, 1.82) is 0 Å². The van der Waals surface area contributed by atoms with Gasteiger partial charge in [0.2, 0.25) is 0 Å². The molecule has 0 saturated heterocycles. The van der Waals surface area contributed by atoms with Gasteiger partial charge < -0.3 is 14.1 Å². The lowest BCUT2D eigenvalue weighted by atomic mass is 10.0. The van der Waals surface area contributed by atoms with Crippen LogP contribution < -0.4 is 0 Å². The lowest BCUT2D eigenvalue weighted by Crippen LogP contribution is -2.18. The van der Waals surface area contributed by atoms with E-state index in [2.05, 4.69) is 15.7 Å². The Balaban J connectivity index is 1.85. The number of furan rings is 1. The summed E-state index contributed by atoms with van der Waals surface area (Å²) >= 11 is 0. The maximum absolute atomic E-state index is 9.33. The smallest absolute Gasteiger partial charge is 0.114 e. The zero-order valence-corrected chi connectivity index (χ0v) is 9.67. The van der Waals surface area contributed by atoms with E-state index in [1.807, 2.05) is 12.1 Å². The monoisotopic (exact) mass is 232 g/mol. The number of fused-ring (bicyclic) bond motifs is 1. The number of hydrogen-bond donors (Lipinski definition) is 1. The molecule has 0 amide bonds. The number of aromatic nitrogens is 2. The number of aliphatic hydroxyl groups is 1. The lowest BCUT2D eigenvalue weighted by Gasteiger charge is -2.21. The van der Waals surface area contributed by atoms with Crippen molar-refractivity contribution in [1.82, 2.24) is 9.55 Å². The van der Waals surface area contributed by atoms with E-state index in [9.17, 15) is 5.11 Å². The Morgan fingerprint density at radius 1 is 1.53 bits per heavy atom. The van der Waals surface area contributed by atoms with Gasteiger partial charge in [-0.2, -0.15) is 0 Å². The fourth-order valence-corrected chi connectivity index (χ4v) is 2.48. The minimum atomic E-state index is 0.192. The summed E-state index contributed by atoms with van der Waals surface area (Å²) in [4.78, 5) is 4.62. The van der Waals surface area contributed by atoms with Gasteiger partial charge in [0.1, 0.15) is 11.6 Å². The van der Waals surface area contributed by atoms with Crippen LogP contribution in [0.2, 0.25) is 0 Å². The summed E-state index contributed by atoms with van der Waals surface area (Å²) in [5.74, 6) is 2.16. The van der Waals surface area contributed by atoms with Gasteiger partial charge in [0.15, 0.2) is 0 Å². The molecular weight excluding hydrogens is 216 g/mol. The second kappa shape index (κ2) is 4.37. The van der Waals surface area contributed by atoms with Gasteiger partial charge in [-0.25, -0.2) is 4.98 Å². The summed E-state index contributed by atoms with van der Waals surface area (Å²) in [5, 5.41) is 9.33. The summed E-state index contributed by atoms with van der Waals surface area (Å²) in [6.07, 6.45) is 6.65. The molecule has 4 nitrogen and oxygen atoms in total. The summed E-state index contributed by atoms with van der Waals surface area (Å²) in [7, 11) is 0. The molecule has 3 heterocycles. The zero-order chi connectivity index (χ0) is 11.7. The van der Waals surface area contributed by atoms with Crippen molar-refractivity contribution in [3.8, 4) is 0 Å². The van der Waals surface area contributed by atoms with Crippen LogP contribution in [-0.4, -0.2) is 21.3 Å². The molecule has 0 spiro atoms. The van der Waals surface area contributed by atoms with Gasteiger partial charge in [0, 0.05) is 25.1 Å². The lowest BCUT2D eigenvalue weighted by molar-refractivity contribution is 0.238. The molecule has 2 aromatic heterocycles. The first-order chi connectivity index (χ1) is 8.36. The first kappa shape index (κ1) is 10.6. The van der Waals surface area contributed by atoms with Crippen LogP contribution in [0.5, 0.6) is 0 Å². The molecule has 0 aliphatic carbocycles. The Labute approximate surface area is 99.9 Å². The number of imidazole rings is 1. The zero-order valence-electron chi connectivity index (χ0n) is 9.67. The standard InChI is InChI=1S/C13H16N2O2/c16-9-10-3-1-5-15-8-11(14-13(10)15)7-12-4-2-6-17-12/h2,4,6,8,10,16H,1,3,5,7,9H2. The van der Waals surface area contributed by atoms with E-state index in [-0.39, 0.29) is 12.5 Å². The number of aryl methyl sites for hydroxylation is 1. The molecule has 1 aliphatic rings. The van der Waals surface area contributed by atoms with Crippen LogP contribution >= 0.6 is 0 Å². The molecule has 1 N–H and O–H groups in total. The van der Waals surface area contributed by atoms with Crippen LogP contribution in [-0.2, 0) is 13.0 Å². The quantitative estimate of drug-likeness (QED) is 0.879. The van der Waals surface area contributed by atoms with E-state index >= 15 is 0 Å². The largest absolute Gasteiger partial charge is 0.469 e. The van der Waals surface area contributed by atoms with Crippen molar-refractivity contribution >= 4 is 0 Å². The molecule has 0 radical (unpaired) electrons. The fourth-order valence-electron chi connectivity index (χ4n) is 2.48. The van der Waals surface area contributed by atoms with Crippen molar-refractivity contribution in [3.63, 3.8) is 0 Å². The highest BCUT2D eigenvalue weighted by Crippen LogP contribution is 2.26. The highest BCUT2D eigenvalue weighted by molar-refractivity contribution is 5.15. The topological polar surface area (TPSA) is 51.2 Å². The summed E-state index contributed by atoms with van der Waals surface area (Å²) < 4.78 is 7.49. The minimum absolute atomic E-state index is 0.192. The molecule has 1 aliphatic heterocycles. The maximum Gasteiger partial charge on any atom is 0.114 e. The van der Waals surface area contributed by atoms with E-state index in [0.717, 1.165) is 43.1 Å². The molecule has 1 atom stereocenters. The van der Waals surface area contributed by atoms with Crippen molar-refractivity contribution in [3.05, 3.63) is 41.9 Å². The van der Waals surface area contributed by atoms with Gasteiger partial charge in [-0.05, 0) is 25.0 Å². The molecule has 4 heteroatoms. The van der Waals surface area contributed by atoms with Gasteiger partial charge in [-0.3, -0.25) is 0 Å². The van der Waals surface area contributed by atoms with Crippen molar-refractivity contribution in [2.45, 2.75) is 31.7 Å². The minimum Gasteiger partial charge on any atom is -0.469 e. The number of aliphatic hydroxyl groups excluding tert-OH is 1. The highest BCUT2D eigenvalue weighted by Gasteiger charge is 2.22. The van der Waals surface area contributed by atoms with Gasteiger partial charge in [0.05, 0.1) is 18.6 Å². The molecule has 90 valence electrons. The highest BCUT2D eigenvalue weighted by atomic mass is 16.3. The fraction of sp³-hybridized carbons (Fsp3) is 0.462. The Hall–Kier alpha value is -1.55. The van der Waals surface area contributed by atoms with Crippen LogP contribution in [0.15, 0.2) is 29.0 Å². The third kappa shape index (κ3) is 2.00. The summed E-state index contributed by atoms with van der Waals surface area (Å²) in [5.41, 5.74) is 1.02. The molecule has 0 bridgehead atoms. The Morgan fingerprint density at radius 3 is 3.24 bits per heavy atom. The van der Waals surface area contributed by atoms with Crippen molar-refractivity contribution in [2.75, 3.05) is 6.61 Å². The SMILES string of the molecule is OCC1CCCn2cc(Cc3ccco3)nc21. The first-order valence-electron chi connectivity index (χ1n) is 6.06. The van der Waals surface area contributed by atoms with Crippen LogP contribution in [0.4, 0.5) is 0 Å². The van der Waals surface area contributed by atoms with E-state index in [4.69, 9.17) is 4.42 Å². The molecule has 0 aromatic carbocycles. The second-order valence-electron chi connectivity index (χ2n) is 4.56. The normalized spacial score (nSPS) is 19.2. The molecule has 0 saturated carbocycles. The molecule has 0 fully saturated rings. The Morgan fingerprint density at radius 2 is 2.47 bits per heavy atom. The first-order valence-corrected chi connectivity index (χ1v) is 6.06. The molecule has 17 heavy (non-hydrogen) atoms. The van der Waals surface area contributed by atoms with E-state index < -0.39 is 0 Å². The van der Waals surface area contributed by atoms with Crippen LogP contribution in [0.25, 0.3) is 0 Å². The molecular formula is C13H16N2O2. The number of rotatable bonds is 3. The molecule has 3 rings (SSSR count). The molecule has 1 unspecified atom stereocenters. The molecule has 2 aromatic rings.